The molecule has 2 aromatic rings. The van der Waals surface area contributed by atoms with Gasteiger partial charge in [-0.25, -0.2) is 9.78 Å². The summed E-state index contributed by atoms with van der Waals surface area (Å²) in [6.07, 6.45) is 2.48. The zero-order valence-electron chi connectivity index (χ0n) is 8.56. The van der Waals surface area contributed by atoms with Gasteiger partial charge in [0, 0.05) is 13.2 Å². The molecule has 7 heteroatoms. The monoisotopic (exact) mass is 224 g/mol. The van der Waals surface area contributed by atoms with E-state index in [4.69, 9.17) is 5.11 Å². The van der Waals surface area contributed by atoms with Crippen molar-refractivity contribution in [3.8, 4) is 0 Å². The zero-order chi connectivity index (χ0) is 11.5. The third-order valence-electron chi connectivity index (χ3n) is 2.36. The molecule has 0 saturated carbocycles. The normalized spacial score (nSPS) is 11.1. The minimum Gasteiger partial charge on any atom is -0.396 e. The molecule has 0 radical (unpaired) electrons. The number of unbranched alkanes of at least 4 members (excludes halogenated alkanes) is 1. The second-order valence-electron chi connectivity index (χ2n) is 3.44. The van der Waals surface area contributed by atoms with Crippen molar-refractivity contribution in [2.75, 3.05) is 6.61 Å². The molecule has 3 N–H and O–H groups in total. The second-order valence-corrected chi connectivity index (χ2v) is 3.44. The minimum absolute atomic E-state index is 0.0751. The highest BCUT2D eigenvalue weighted by atomic mass is 16.3. The fourth-order valence-corrected chi connectivity index (χ4v) is 1.60. The topological polar surface area (TPSA) is 104 Å². The maximum absolute atomic E-state index is 11.5. The molecule has 0 atom stereocenters. The molecule has 7 nitrogen and oxygen atoms in total. The third-order valence-corrected chi connectivity index (χ3v) is 2.36. The lowest BCUT2D eigenvalue weighted by molar-refractivity contribution is 0.281. The maximum atomic E-state index is 11.5. The molecule has 0 spiro atoms. The van der Waals surface area contributed by atoms with Gasteiger partial charge in [0.15, 0.2) is 11.2 Å². The molecule has 0 aliphatic heterocycles. The third kappa shape index (κ3) is 1.76. The van der Waals surface area contributed by atoms with E-state index in [1.165, 1.54) is 10.9 Å². The predicted molar refractivity (Wildman–Crippen MR) is 57.3 cm³/mol. The Balaban J connectivity index is 2.47. The van der Waals surface area contributed by atoms with Crippen LogP contribution in [-0.2, 0) is 6.54 Å². The number of nitrogens with zero attached hydrogens (tertiary/aromatic N) is 2. The molecular formula is C9H12N4O3. The number of fused-ring (bicyclic) bond motifs is 1. The van der Waals surface area contributed by atoms with Crippen LogP contribution in [0.2, 0.25) is 0 Å². The highest BCUT2D eigenvalue weighted by molar-refractivity contribution is 5.68. The van der Waals surface area contributed by atoms with Crippen LogP contribution in [-0.4, -0.2) is 31.2 Å². The molecule has 0 bridgehead atoms. The Kier molecular flexibility index (Phi) is 2.86. The van der Waals surface area contributed by atoms with Crippen LogP contribution in [0.4, 0.5) is 0 Å². The number of imidazole rings is 1. The Labute approximate surface area is 89.8 Å². The molecular weight excluding hydrogens is 212 g/mol. The van der Waals surface area contributed by atoms with Gasteiger partial charge in [-0.1, -0.05) is 0 Å². The van der Waals surface area contributed by atoms with E-state index < -0.39 is 0 Å². The molecule has 0 fully saturated rings. The van der Waals surface area contributed by atoms with Gasteiger partial charge < -0.3 is 10.1 Å². The van der Waals surface area contributed by atoms with Gasteiger partial charge in [-0.05, 0) is 12.8 Å². The molecule has 0 amide bonds. The summed E-state index contributed by atoms with van der Waals surface area (Å²) in [5.74, 6) is 0. The van der Waals surface area contributed by atoms with E-state index >= 15 is 0 Å². The average molecular weight is 224 g/mol. The van der Waals surface area contributed by atoms with E-state index in [0.29, 0.717) is 19.4 Å². The first kappa shape index (κ1) is 10.6. The van der Waals surface area contributed by atoms with Gasteiger partial charge >= 0.3 is 5.69 Å². The number of H-pyrrole nitrogens is 2. The Morgan fingerprint density at radius 1 is 1.38 bits per heavy atom. The fraction of sp³-hybridized carbons (Fsp3) is 0.444. The quantitative estimate of drug-likeness (QED) is 0.590. The van der Waals surface area contributed by atoms with Crippen LogP contribution in [0.1, 0.15) is 12.8 Å². The van der Waals surface area contributed by atoms with Crippen LogP contribution in [0.3, 0.4) is 0 Å². The highest BCUT2D eigenvalue weighted by Gasteiger charge is 2.10. The number of nitrogens with one attached hydrogen (secondary N) is 2. The Morgan fingerprint density at radius 2 is 2.19 bits per heavy atom. The predicted octanol–water partition coefficient (Wildman–Crippen LogP) is -0.815. The van der Waals surface area contributed by atoms with Gasteiger partial charge in [0.2, 0.25) is 0 Å². The van der Waals surface area contributed by atoms with E-state index in [0.717, 1.165) is 0 Å². The molecule has 0 aliphatic carbocycles. The van der Waals surface area contributed by atoms with Crippen molar-refractivity contribution in [2.24, 2.45) is 0 Å². The summed E-state index contributed by atoms with van der Waals surface area (Å²) in [5.41, 5.74) is -0.146. The summed E-state index contributed by atoms with van der Waals surface area (Å²) in [6, 6.07) is 0. The van der Waals surface area contributed by atoms with Crippen LogP contribution < -0.4 is 11.2 Å². The van der Waals surface area contributed by atoms with Crippen LogP contribution in [0.5, 0.6) is 0 Å². The summed E-state index contributed by atoms with van der Waals surface area (Å²) in [4.78, 5) is 31.9. The minimum atomic E-state index is -0.350. The van der Waals surface area contributed by atoms with Crippen molar-refractivity contribution in [1.82, 2.24) is 19.5 Å². The Bertz CT molecular complexity index is 595. The average Bonchev–Trinajstić information content (AvgIpc) is 2.57. The van der Waals surface area contributed by atoms with Gasteiger partial charge in [0.1, 0.15) is 0 Å². The number of aryl methyl sites for hydroxylation is 1. The standard InChI is InChI=1S/C9H12N4O3/c14-4-2-1-3-13-6-7(12-9(13)16)10-5-11-8(6)15/h5,14H,1-4H2,(H2,10,11,12,15,16). The number of hydrogen-bond donors (Lipinski definition) is 3. The van der Waals surface area contributed by atoms with Crippen molar-refractivity contribution in [2.45, 2.75) is 19.4 Å². The van der Waals surface area contributed by atoms with E-state index in [9.17, 15) is 9.59 Å². The summed E-state index contributed by atoms with van der Waals surface area (Å²) >= 11 is 0. The lowest BCUT2D eigenvalue weighted by atomic mass is 10.3. The SMILES string of the molecule is O=c1[nH]cnc2[nH]c(=O)n(CCCCO)c12. The zero-order valence-corrected chi connectivity index (χ0v) is 8.56. The number of aliphatic hydroxyl groups is 1. The van der Waals surface area contributed by atoms with Crippen molar-refractivity contribution in [3.63, 3.8) is 0 Å². The van der Waals surface area contributed by atoms with E-state index in [1.54, 1.807) is 0 Å². The lowest BCUT2D eigenvalue weighted by Crippen LogP contribution is -2.20. The summed E-state index contributed by atoms with van der Waals surface area (Å²) in [7, 11) is 0. The number of aliphatic hydroxyl groups excluding tert-OH is 1. The largest absolute Gasteiger partial charge is 0.396 e. The van der Waals surface area contributed by atoms with Crippen LogP contribution >= 0.6 is 0 Å². The number of hydrogen-bond acceptors (Lipinski definition) is 4. The van der Waals surface area contributed by atoms with Crippen molar-refractivity contribution in [3.05, 3.63) is 27.2 Å². The molecule has 0 aliphatic rings. The smallest absolute Gasteiger partial charge is 0.327 e. The molecule has 2 rings (SSSR count). The molecule has 0 saturated heterocycles. The van der Waals surface area contributed by atoms with Crippen LogP contribution in [0, 0.1) is 0 Å². The van der Waals surface area contributed by atoms with Crippen molar-refractivity contribution >= 4 is 11.2 Å². The first-order chi connectivity index (χ1) is 7.74. The fourth-order valence-electron chi connectivity index (χ4n) is 1.60. The number of aromatic nitrogens is 4. The van der Waals surface area contributed by atoms with Gasteiger partial charge in [0.25, 0.3) is 5.56 Å². The summed E-state index contributed by atoms with van der Waals surface area (Å²) in [5, 5.41) is 8.66. The van der Waals surface area contributed by atoms with E-state index in [1.807, 2.05) is 0 Å². The van der Waals surface area contributed by atoms with Gasteiger partial charge in [-0.2, -0.15) is 0 Å². The number of rotatable bonds is 4. The lowest BCUT2D eigenvalue weighted by Gasteiger charge is -2.00. The van der Waals surface area contributed by atoms with E-state index in [2.05, 4.69) is 15.0 Å². The molecule has 2 heterocycles. The van der Waals surface area contributed by atoms with E-state index in [-0.39, 0.29) is 29.0 Å². The summed E-state index contributed by atoms with van der Waals surface area (Å²) in [6.45, 7) is 0.472. The molecule has 0 aromatic carbocycles. The Morgan fingerprint density at radius 3 is 2.94 bits per heavy atom. The molecule has 2 aromatic heterocycles. The Hall–Kier alpha value is -1.89. The highest BCUT2D eigenvalue weighted by Crippen LogP contribution is 2.01. The second kappa shape index (κ2) is 4.31. The number of aromatic amines is 2. The van der Waals surface area contributed by atoms with Crippen molar-refractivity contribution < 1.29 is 5.11 Å². The van der Waals surface area contributed by atoms with Gasteiger partial charge in [0.05, 0.1) is 6.33 Å². The molecule has 86 valence electrons. The molecule has 0 unspecified atom stereocenters. The van der Waals surface area contributed by atoms with Gasteiger partial charge in [-0.3, -0.25) is 14.3 Å². The first-order valence-corrected chi connectivity index (χ1v) is 5.01. The molecule has 16 heavy (non-hydrogen) atoms. The summed E-state index contributed by atoms with van der Waals surface area (Å²) < 4.78 is 1.34. The van der Waals surface area contributed by atoms with Gasteiger partial charge in [-0.15, -0.1) is 0 Å². The van der Waals surface area contributed by atoms with Crippen LogP contribution in [0.25, 0.3) is 11.2 Å². The van der Waals surface area contributed by atoms with Crippen molar-refractivity contribution in [1.29, 1.82) is 0 Å². The first-order valence-electron chi connectivity index (χ1n) is 5.01. The van der Waals surface area contributed by atoms with Crippen LogP contribution in [0.15, 0.2) is 15.9 Å². The maximum Gasteiger partial charge on any atom is 0.327 e.